The number of carbonyl (C=O) groups excluding carboxylic acids is 1. The number of hydrogen-bond donors (Lipinski definition) is 1. The Morgan fingerprint density at radius 3 is 2.80 bits per heavy atom. The van der Waals surface area contributed by atoms with Gasteiger partial charge in [-0.15, -0.1) is 0 Å². The lowest BCUT2D eigenvalue weighted by molar-refractivity contribution is 0.0917. The summed E-state index contributed by atoms with van der Waals surface area (Å²) in [6.45, 7) is 7.45. The molecule has 0 aliphatic heterocycles. The molecule has 0 spiro atoms. The van der Waals surface area contributed by atoms with E-state index in [0.29, 0.717) is 17.0 Å². The zero-order chi connectivity index (χ0) is 14.7. The highest BCUT2D eigenvalue weighted by Crippen LogP contribution is 2.14. The lowest BCUT2D eigenvalue weighted by Crippen LogP contribution is -2.30. The van der Waals surface area contributed by atoms with E-state index in [1.165, 1.54) is 0 Å². The molecule has 2 rings (SSSR count). The van der Waals surface area contributed by atoms with E-state index < -0.39 is 0 Å². The minimum Gasteiger partial charge on any atom is -0.444 e. The Kier molecular flexibility index (Phi) is 4.65. The van der Waals surface area contributed by atoms with Crippen molar-refractivity contribution in [1.82, 2.24) is 15.1 Å². The number of nitrogens with one attached hydrogen (secondary N) is 1. The number of halogens is 1. The van der Waals surface area contributed by atoms with Crippen LogP contribution in [-0.2, 0) is 6.54 Å². The van der Waals surface area contributed by atoms with Crippen LogP contribution in [0.25, 0.3) is 0 Å². The molecule has 5 nitrogen and oxygen atoms in total. The van der Waals surface area contributed by atoms with Gasteiger partial charge in [0.15, 0.2) is 10.4 Å². The molecule has 0 saturated carbocycles. The lowest BCUT2D eigenvalue weighted by Gasteiger charge is -2.13. The minimum absolute atomic E-state index is 0.198. The average Bonchev–Trinajstić information content (AvgIpc) is 2.93. The van der Waals surface area contributed by atoms with Gasteiger partial charge in [-0.25, -0.2) is 0 Å². The van der Waals surface area contributed by atoms with E-state index in [0.717, 1.165) is 17.9 Å². The summed E-state index contributed by atoms with van der Waals surface area (Å²) in [5, 5.41) is 7.28. The molecule has 0 saturated heterocycles. The van der Waals surface area contributed by atoms with E-state index in [2.05, 4.69) is 33.3 Å². The predicted molar refractivity (Wildman–Crippen MR) is 79.6 cm³/mol. The van der Waals surface area contributed by atoms with E-state index in [1.54, 1.807) is 12.1 Å². The van der Waals surface area contributed by atoms with Crippen LogP contribution in [0.5, 0.6) is 0 Å². The number of rotatable bonds is 5. The molecule has 1 amide bonds. The highest BCUT2D eigenvalue weighted by molar-refractivity contribution is 9.10. The second-order valence-electron chi connectivity index (χ2n) is 5.03. The van der Waals surface area contributed by atoms with Crippen molar-refractivity contribution in [2.75, 3.05) is 6.54 Å². The van der Waals surface area contributed by atoms with E-state index in [1.807, 2.05) is 24.6 Å². The first kappa shape index (κ1) is 14.8. The third-order valence-corrected chi connectivity index (χ3v) is 3.42. The van der Waals surface area contributed by atoms with Crippen LogP contribution in [0.1, 0.15) is 28.9 Å². The van der Waals surface area contributed by atoms with Gasteiger partial charge in [-0.3, -0.25) is 9.48 Å². The monoisotopic (exact) mass is 339 g/mol. The van der Waals surface area contributed by atoms with Gasteiger partial charge in [-0.2, -0.15) is 5.10 Å². The molecule has 0 radical (unpaired) electrons. The smallest absolute Gasteiger partial charge is 0.287 e. The zero-order valence-electron chi connectivity index (χ0n) is 11.8. The van der Waals surface area contributed by atoms with Crippen LogP contribution >= 0.6 is 15.9 Å². The summed E-state index contributed by atoms with van der Waals surface area (Å²) in [5.41, 5.74) is 2.15. The highest BCUT2D eigenvalue weighted by atomic mass is 79.9. The summed E-state index contributed by atoms with van der Waals surface area (Å²) in [4.78, 5) is 11.8. The van der Waals surface area contributed by atoms with Gasteiger partial charge < -0.3 is 9.73 Å². The average molecular weight is 340 g/mol. The van der Waals surface area contributed by atoms with Crippen molar-refractivity contribution in [1.29, 1.82) is 0 Å². The van der Waals surface area contributed by atoms with Crippen LogP contribution in [-0.4, -0.2) is 22.2 Å². The van der Waals surface area contributed by atoms with Crippen molar-refractivity contribution >= 4 is 21.8 Å². The predicted octanol–water partition coefficient (Wildman–Crippen LogP) is 2.92. The fourth-order valence-corrected chi connectivity index (χ4v) is 2.32. The van der Waals surface area contributed by atoms with Gasteiger partial charge in [0.1, 0.15) is 0 Å². The van der Waals surface area contributed by atoms with Gasteiger partial charge in [0, 0.05) is 18.8 Å². The largest absolute Gasteiger partial charge is 0.444 e. The number of hydrogen-bond acceptors (Lipinski definition) is 3. The Balaban J connectivity index is 1.84. The number of nitrogens with zero attached hydrogens (tertiary/aromatic N) is 2. The third-order valence-electron chi connectivity index (χ3n) is 3.00. The molecular formula is C14H18BrN3O2. The van der Waals surface area contributed by atoms with E-state index in [4.69, 9.17) is 4.42 Å². The van der Waals surface area contributed by atoms with Gasteiger partial charge in [0.25, 0.3) is 5.91 Å². The van der Waals surface area contributed by atoms with Crippen molar-refractivity contribution in [2.45, 2.75) is 27.3 Å². The molecule has 0 aliphatic carbocycles. The number of amides is 1. The summed E-state index contributed by atoms with van der Waals surface area (Å²) in [6, 6.07) is 5.39. The number of carbonyl (C=O) groups is 1. The quantitative estimate of drug-likeness (QED) is 0.910. The summed E-state index contributed by atoms with van der Waals surface area (Å²) >= 11 is 3.18. The Morgan fingerprint density at radius 1 is 1.50 bits per heavy atom. The SMILES string of the molecule is Cc1cc(C)n(C[C@H](C)CNC(=O)c2ccc(Br)o2)n1. The Hall–Kier alpha value is -1.56. The second kappa shape index (κ2) is 6.26. The molecule has 0 bridgehead atoms. The first-order valence-corrected chi connectivity index (χ1v) is 7.29. The molecule has 0 fully saturated rings. The van der Waals surface area contributed by atoms with Crippen LogP contribution in [0, 0.1) is 19.8 Å². The van der Waals surface area contributed by atoms with Gasteiger partial charge in [-0.1, -0.05) is 6.92 Å². The molecule has 1 N–H and O–H groups in total. The molecule has 2 aromatic rings. The molecule has 2 heterocycles. The first-order chi connectivity index (χ1) is 9.45. The van der Waals surface area contributed by atoms with Gasteiger partial charge in [0.2, 0.25) is 0 Å². The molecular weight excluding hydrogens is 322 g/mol. The van der Waals surface area contributed by atoms with Crippen molar-refractivity contribution in [2.24, 2.45) is 5.92 Å². The van der Waals surface area contributed by atoms with Crippen molar-refractivity contribution in [3.05, 3.63) is 40.0 Å². The fraction of sp³-hybridized carbons (Fsp3) is 0.429. The fourth-order valence-electron chi connectivity index (χ4n) is 2.01. The molecule has 2 aromatic heterocycles. The van der Waals surface area contributed by atoms with E-state index in [9.17, 15) is 4.79 Å². The summed E-state index contributed by atoms with van der Waals surface area (Å²) in [7, 11) is 0. The van der Waals surface area contributed by atoms with Crippen LogP contribution < -0.4 is 5.32 Å². The molecule has 108 valence electrons. The minimum atomic E-state index is -0.198. The second-order valence-corrected chi connectivity index (χ2v) is 5.81. The van der Waals surface area contributed by atoms with Crippen LogP contribution in [0.15, 0.2) is 27.3 Å². The first-order valence-electron chi connectivity index (χ1n) is 6.50. The highest BCUT2D eigenvalue weighted by Gasteiger charge is 2.12. The maximum atomic E-state index is 11.8. The van der Waals surface area contributed by atoms with Crippen LogP contribution in [0.2, 0.25) is 0 Å². The van der Waals surface area contributed by atoms with Crippen molar-refractivity contribution in [3.8, 4) is 0 Å². The molecule has 1 atom stereocenters. The number of aryl methyl sites for hydroxylation is 2. The lowest BCUT2D eigenvalue weighted by atomic mass is 10.2. The van der Waals surface area contributed by atoms with Crippen molar-refractivity contribution < 1.29 is 9.21 Å². The normalized spacial score (nSPS) is 12.4. The van der Waals surface area contributed by atoms with Gasteiger partial charge in [0.05, 0.1) is 5.69 Å². The zero-order valence-corrected chi connectivity index (χ0v) is 13.4. The molecule has 0 aromatic carbocycles. The maximum absolute atomic E-state index is 11.8. The Labute approximate surface area is 126 Å². The summed E-state index contributed by atoms with van der Waals surface area (Å²) in [5.74, 6) is 0.404. The molecule has 0 unspecified atom stereocenters. The Bertz CT molecular complexity index is 603. The maximum Gasteiger partial charge on any atom is 0.287 e. The topological polar surface area (TPSA) is 60.1 Å². The van der Waals surface area contributed by atoms with Crippen LogP contribution in [0.3, 0.4) is 0 Å². The molecule has 6 heteroatoms. The van der Waals surface area contributed by atoms with Gasteiger partial charge >= 0.3 is 0 Å². The summed E-state index contributed by atoms with van der Waals surface area (Å²) in [6.07, 6.45) is 0. The molecule has 20 heavy (non-hydrogen) atoms. The van der Waals surface area contributed by atoms with Gasteiger partial charge in [-0.05, 0) is 53.9 Å². The van der Waals surface area contributed by atoms with Crippen molar-refractivity contribution in [3.63, 3.8) is 0 Å². The number of aromatic nitrogens is 2. The van der Waals surface area contributed by atoms with E-state index in [-0.39, 0.29) is 11.8 Å². The molecule has 0 aliphatic rings. The summed E-state index contributed by atoms with van der Waals surface area (Å²) < 4.78 is 7.73. The standard InChI is InChI=1S/C14H18BrN3O2/c1-9(8-18-11(3)6-10(2)17-18)7-16-14(19)12-4-5-13(15)20-12/h4-6,9H,7-8H2,1-3H3,(H,16,19)/t9-/m1/s1. The Morgan fingerprint density at radius 2 is 2.25 bits per heavy atom. The van der Waals surface area contributed by atoms with E-state index >= 15 is 0 Å². The number of furan rings is 1. The third kappa shape index (κ3) is 3.72. The van der Waals surface area contributed by atoms with Crippen LogP contribution in [0.4, 0.5) is 0 Å².